The number of benzene rings is 1. The van der Waals surface area contributed by atoms with Crippen LogP contribution in [0.1, 0.15) is 17.4 Å². The van der Waals surface area contributed by atoms with E-state index < -0.39 is 0 Å². The van der Waals surface area contributed by atoms with Gasteiger partial charge in [-0.3, -0.25) is 4.90 Å². The maximum Gasteiger partial charge on any atom is 0.232 e. The third-order valence-corrected chi connectivity index (χ3v) is 4.89. The summed E-state index contributed by atoms with van der Waals surface area (Å²) >= 11 is 7.64. The molecule has 22 heavy (non-hydrogen) atoms. The van der Waals surface area contributed by atoms with E-state index in [1.54, 1.807) is 11.3 Å². The van der Waals surface area contributed by atoms with Gasteiger partial charge in [0.15, 0.2) is 0 Å². The summed E-state index contributed by atoms with van der Waals surface area (Å²) in [7, 11) is 0. The molecule has 0 spiro atoms. The van der Waals surface area contributed by atoms with E-state index in [9.17, 15) is 0 Å². The minimum Gasteiger partial charge on any atom is -0.339 e. The van der Waals surface area contributed by atoms with Crippen LogP contribution in [0.25, 0.3) is 10.7 Å². The second kappa shape index (κ2) is 5.83. The van der Waals surface area contributed by atoms with Crippen molar-refractivity contribution in [1.82, 2.24) is 15.0 Å². The third-order valence-electron chi connectivity index (χ3n) is 3.78. The van der Waals surface area contributed by atoms with E-state index in [4.69, 9.17) is 16.1 Å². The van der Waals surface area contributed by atoms with Crippen molar-refractivity contribution in [2.45, 2.75) is 12.5 Å². The van der Waals surface area contributed by atoms with Gasteiger partial charge in [-0.1, -0.05) is 35.0 Å². The van der Waals surface area contributed by atoms with Crippen LogP contribution in [0.4, 0.5) is 0 Å². The van der Waals surface area contributed by atoms with E-state index in [1.165, 1.54) is 5.56 Å². The van der Waals surface area contributed by atoms with E-state index in [1.807, 2.05) is 35.7 Å². The van der Waals surface area contributed by atoms with Crippen molar-refractivity contribution in [1.29, 1.82) is 0 Å². The molecule has 0 saturated carbocycles. The molecule has 1 fully saturated rings. The van der Waals surface area contributed by atoms with Gasteiger partial charge < -0.3 is 4.52 Å². The first-order valence-electron chi connectivity index (χ1n) is 7.12. The van der Waals surface area contributed by atoms with E-state index in [0.29, 0.717) is 11.7 Å². The molecule has 6 heteroatoms. The Kier molecular flexibility index (Phi) is 3.70. The zero-order valence-corrected chi connectivity index (χ0v) is 13.3. The molecule has 0 aliphatic carbocycles. The van der Waals surface area contributed by atoms with Crippen LogP contribution in [0.15, 0.2) is 46.3 Å². The molecule has 4 rings (SSSR count). The summed E-state index contributed by atoms with van der Waals surface area (Å²) in [6.45, 7) is 2.79. The van der Waals surface area contributed by atoms with Crippen molar-refractivity contribution >= 4 is 22.9 Å². The van der Waals surface area contributed by atoms with Gasteiger partial charge in [-0.25, -0.2) is 0 Å². The van der Waals surface area contributed by atoms with Crippen molar-refractivity contribution in [2.24, 2.45) is 0 Å². The van der Waals surface area contributed by atoms with Crippen molar-refractivity contribution in [3.63, 3.8) is 0 Å². The number of aromatic nitrogens is 2. The van der Waals surface area contributed by atoms with Gasteiger partial charge in [0.25, 0.3) is 0 Å². The number of hydrogen-bond donors (Lipinski definition) is 0. The lowest BCUT2D eigenvalue weighted by Gasteiger charge is -2.37. The minimum atomic E-state index is 0.334. The Balaban J connectivity index is 1.37. The number of rotatable bonds is 4. The molecule has 0 bridgehead atoms. The van der Waals surface area contributed by atoms with Crippen LogP contribution >= 0.6 is 22.9 Å². The Morgan fingerprint density at radius 1 is 1.27 bits per heavy atom. The molecule has 0 radical (unpaired) electrons. The highest BCUT2D eigenvalue weighted by Gasteiger charge is 2.32. The Hall–Kier alpha value is -1.69. The maximum atomic E-state index is 6.01. The average Bonchev–Trinajstić information content (AvgIpc) is 3.13. The van der Waals surface area contributed by atoms with Gasteiger partial charge in [-0.2, -0.15) is 4.98 Å². The predicted octanol–water partition coefficient (Wildman–Crippen LogP) is 4.05. The van der Waals surface area contributed by atoms with Crippen molar-refractivity contribution in [3.8, 4) is 10.7 Å². The first-order valence-corrected chi connectivity index (χ1v) is 8.38. The zero-order chi connectivity index (χ0) is 14.9. The summed E-state index contributed by atoms with van der Waals surface area (Å²) in [5, 5.41) is 6.87. The highest BCUT2D eigenvalue weighted by atomic mass is 35.5. The molecule has 1 aliphatic rings. The standard InChI is InChI=1S/C16H14ClN3OS/c17-13-4-1-3-11(7-13)8-20-9-12(10-20)16-18-15(19-21-16)14-5-2-6-22-14/h1-7,12H,8-10H2. The fourth-order valence-electron chi connectivity index (χ4n) is 2.66. The molecule has 0 amide bonds. The molecule has 0 unspecified atom stereocenters. The van der Waals surface area contributed by atoms with Gasteiger partial charge in [-0.15, -0.1) is 11.3 Å². The SMILES string of the molecule is Clc1cccc(CN2CC(c3nc(-c4cccs4)no3)C2)c1. The first kappa shape index (κ1) is 13.9. The lowest BCUT2D eigenvalue weighted by Crippen LogP contribution is -2.44. The van der Waals surface area contributed by atoms with Crippen LogP contribution in [-0.4, -0.2) is 28.1 Å². The number of likely N-dealkylation sites (tertiary alicyclic amines) is 1. The molecule has 1 aromatic carbocycles. The molecule has 3 heterocycles. The van der Waals surface area contributed by atoms with Crippen molar-refractivity contribution in [3.05, 3.63) is 58.3 Å². The Morgan fingerprint density at radius 2 is 2.18 bits per heavy atom. The van der Waals surface area contributed by atoms with Crippen LogP contribution < -0.4 is 0 Å². The fourth-order valence-corrected chi connectivity index (χ4v) is 3.52. The molecule has 112 valence electrons. The van der Waals surface area contributed by atoms with Gasteiger partial charge in [0.05, 0.1) is 10.8 Å². The maximum absolute atomic E-state index is 6.01. The number of halogens is 1. The van der Waals surface area contributed by atoms with Crippen LogP contribution in [0, 0.1) is 0 Å². The summed E-state index contributed by atoms with van der Waals surface area (Å²) in [4.78, 5) is 7.91. The van der Waals surface area contributed by atoms with Gasteiger partial charge in [-0.05, 0) is 29.1 Å². The van der Waals surface area contributed by atoms with Crippen molar-refractivity contribution in [2.75, 3.05) is 13.1 Å². The van der Waals surface area contributed by atoms with Gasteiger partial charge in [0.1, 0.15) is 0 Å². The van der Waals surface area contributed by atoms with E-state index in [2.05, 4.69) is 21.1 Å². The smallest absolute Gasteiger partial charge is 0.232 e. The Morgan fingerprint density at radius 3 is 2.95 bits per heavy atom. The molecule has 4 nitrogen and oxygen atoms in total. The first-order chi connectivity index (χ1) is 10.8. The van der Waals surface area contributed by atoms with Gasteiger partial charge >= 0.3 is 0 Å². The molecule has 1 aliphatic heterocycles. The predicted molar refractivity (Wildman–Crippen MR) is 87.1 cm³/mol. The fraction of sp³-hybridized carbons (Fsp3) is 0.250. The summed E-state index contributed by atoms with van der Waals surface area (Å²) in [5.41, 5.74) is 1.23. The molecular formula is C16H14ClN3OS. The topological polar surface area (TPSA) is 42.2 Å². The summed E-state index contributed by atoms with van der Waals surface area (Å²) < 4.78 is 5.41. The second-order valence-electron chi connectivity index (χ2n) is 5.45. The second-order valence-corrected chi connectivity index (χ2v) is 6.84. The number of nitrogens with zero attached hydrogens (tertiary/aromatic N) is 3. The number of hydrogen-bond acceptors (Lipinski definition) is 5. The van der Waals surface area contributed by atoms with Crippen LogP contribution in [-0.2, 0) is 6.54 Å². The molecule has 0 N–H and O–H groups in total. The van der Waals surface area contributed by atoms with E-state index in [0.717, 1.165) is 35.4 Å². The van der Waals surface area contributed by atoms with Crippen molar-refractivity contribution < 1.29 is 4.52 Å². The van der Waals surface area contributed by atoms with Crippen LogP contribution in [0.3, 0.4) is 0 Å². The normalized spacial score (nSPS) is 15.9. The van der Waals surface area contributed by atoms with E-state index >= 15 is 0 Å². The third kappa shape index (κ3) is 2.79. The number of thiophene rings is 1. The summed E-state index contributed by atoms with van der Waals surface area (Å²) in [6, 6.07) is 12.0. The largest absolute Gasteiger partial charge is 0.339 e. The molecule has 2 aromatic heterocycles. The van der Waals surface area contributed by atoms with Gasteiger partial charge in [0.2, 0.25) is 11.7 Å². The zero-order valence-electron chi connectivity index (χ0n) is 11.8. The molecular weight excluding hydrogens is 318 g/mol. The summed E-state index contributed by atoms with van der Waals surface area (Å²) in [6.07, 6.45) is 0. The highest BCUT2D eigenvalue weighted by Crippen LogP contribution is 2.30. The lowest BCUT2D eigenvalue weighted by atomic mass is 9.99. The lowest BCUT2D eigenvalue weighted by molar-refractivity contribution is 0.117. The molecule has 1 saturated heterocycles. The average molecular weight is 332 g/mol. The van der Waals surface area contributed by atoms with Crippen LogP contribution in [0.2, 0.25) is 5.02 Å². The highest BCUT2D eigenvalue weighted by molar-refractivity contribution is 7.13. The van der Waals surface area contributed by atoms with E-state index in [-0.39, 0.29) is 0 Å². The Bertz CT molecular complexity index is 765. The van der Waals surface area contributed by atoms with Crippen LogP contribution in [0.5, 0.6) is 0 Å². The molecule has 3 aromatic rings. The molecule has 0 atom stereocenters. The van der Waals surface area contributed by atoms with Gasteiger partial charge in [0, 0.05) is 24.7 Å². The minimum absolute atomic E-state index is 0.334. The monoisotopic (exact) mass is 331 g/mol. The Labute approximate surface area is 137 Å². The summed E-state index contributed by atoms with van der Waals surface area (Å²) in [5.74, 6) is 1.77. The quantitative estimate of drug-likeness (QED) is 0.723.